The Morgan fingerprint density at radius 1 is 1.24 bits per heavy atom. The highest BCUT2D eigenvalue weighted by atomic mass is 32.2. The van der Waals surface area contributed by atoms with Gasteiger partial charge in [0.25, 0.3) is 0 Å². The molecule has 7 heteroatoms. The number of sulfonamides is 1. The van der Waals surface area contributed by atoms with Crippen LogP contribution < -0.4 is 9.46 Å². The van der Waals surface area contributed by atoms with Crippen LogP contribution in [0.5, 0.6) is 5.75 Å². The van der Waals surface area contributed by atoms with Gasteiger partial charge in [-0.2, -0.15) is 0 Å². The third-order valence-corrected chi connectivity index (χ3v) is 4.53. The fraction of sp³-hybridized carbons (Fsp3) is 0.500. The van der Waals surface area contributed by atoms with Gasteiger partial charge >= 0.3 is 5.97 Å². The SMILES string of the molecule is COC(=O)CCCS(=O)(=O)N[C@@H](C)c1ccc(OC)cc1. The van der Waals surface area contributed by atoms with Crippen LogP contribution in [0.3, 0.4) is 0 Å². The Labute approximate surface area is 125 Å². The summed E-state index contributed by atoms with van der Waals surface area (Å²) in [5.74, 6) is 0.197. The highest BCUT2D eigenvalue weighted by Gasteiger charge is 2.16. The van der Waals surface area contributed by atoms with E-state index in [4.69, 9.17) is 4.74 Å². The van der Waals surface area contributed by atoms with Crippen LogP contribution in [0, 0.1) is 0 Å². The molecule has 0 saturated carbocycles. The van der Waals surface area contributed by atoms with E-state index in [0.29, 0.717) is 5.75 Å². The van der Waals surface area contributed by atoms with Gasteiger partial charge in [-0.15, -0.1) is 0 Å². The Hall–Kier alpha value is -1.60. The molecular formula is C14H21NO5S. The van der Waals surface area contributed by atoms with Crippen LogP contribution in [0.1, 0.15) is 31.4 Å². The first-order valence-electron chi connectivity index (χ1n) is 6.58. The van der Waals surface area contributed by atoms with Crippen LogP contribution in [0.25, 0.3) is 0 Å². The van der Waals surface area contributed by atoms with Gasteiger partial charge in [0, 0.05) is 12.5 Å². The monoisotopic (exact) mass is 315 g/mol. The second-order valence-electron chi connectivity index (χ2n) is 4.61. The number of methoxy groups -OCH3 is 2. The van der Waals surface area contributed by atoms with Gasteiger partial charge in [-0.1, -0.05) is 12.1 Å². The number of rotatable bonds is 8. The molecule has 0 fully saturated rings. The summed E-state index contributed by atoms with van der Waals surface area (Å²) in [5, 5.41) is 0. The molecule has 0 radical (unpaired) electrons. The first-order chi connectivity index (χ1) is 9.88. The molecule has 118 valence electrons. The Bertz CT molecular complexity index is 553. The number of ether oxygens (including phenoxy) is 2. The van der Waals surface area contributed by atoms with Gasteiger partial charge in [-0.05, 0) is 31.0 Å². The Balaban J connectivity index is 2.54. The molecule has 21 heavy (non-hydrogen) atoms. The standard InChI is InChI=1S/C14H21NO5S/c1-11(12-6-8-13(19-2)9-7-12)15-21(17,18)10-4-5-14(16)20-3/h6-9,11,15H,4-5,10H2,1-3H3/t11-/m0/s1. The van der Waals surface area contributed by atoms with E-state index in [1.54, 1.807) is 38.3 Å². The summed E-state index contributed by atoms with van der Waals surface area (Å²) in [6.07, 6.45) is 0.325. The molecule has 0 saturated heterocycles. The lowest BCUT2D eigenvalue weighted by Gasteiger charge is -2.15. The predicted molar refractivity (Wildman–Crippen MR) is 79.6 cm³/mol. The van der Waals surface area contributed by atoms with E-state index in [-0.39, 0.29) is 24.6 Å². The lowest BCUT2D eigenvalue weighted by atomic mass is 10.1. The van der Waals surface area contributed by atoms with E-state index < -0.39 is 16.0 Å². The minimum atomic E-state index is -3.44. The fourth-order valence-corrected chi connectivity index (χ4v) is 3.11. The molecule has 0 aliphatic heterocycles. The number of esters is 1. The maximum absolute atomic E-state index is 11.9. The quantitative estimate of drug-likeness (QED) is 0.737. The molecule has 0 heterocycles. The lowest BCUT2D eigenvalue weighted by molar-refractivity contribution is -0.140. The van der Waals surface area contributed by atoms with Gasteiger partial charge in [-0.25, -0.2) is 13.1 Å². The van der Waals surface area contributed by atoms with Crippen LogP contribution in [-0.4, -0.2) is 34.4 Å². The van der Waals surface area contributed by atoms with E-state index in [1.807, 2.05) is 0 Å². The number of benzene rings is 1. The molecule has 1 atom stereocenters. The molecular weight excluding hydrogens is 294 g/mol. The summed E-state index contributed by atoms with van der Waals surface area (Å²) in [5.41, 5.74) is 0.840. The minimum absolute atomic E-state index is 0.0916. The third-order valence-electron chi connectivity index (χ3n) is 2.99. The van der Waals surface area contributed by atoms with Crippen molar-refractivity contribution in [3.05, 3.63) is 29.8 Å². The molecule has 1 N–H and O–H groups in total. The summed E-state index contributed by atoms with van der Waals surface area (Å²) < 4.78 is 35.9. The summed E-state index contributed by atoms with van der Waals surface area (Å²) in [4.78, 5) is 11.0. The van der Waals surface area contributed by atoms with Gasteiger partial charge < -0.3 is 9.47 Å². The predicted octanol–water partition coefficient (Wildman–Crippen LogP) is 1.63. The Kier molecular flexibility index (Phi) is 6.64. The third kappa shape index (κ3) is 6.14. The average molecular weight is 315 g/mol. The molecule has 1 rings (SSSR count). The molecule has 0 unspecified atom stereocenters. The second-order valence-corrected chi connectivity index (χ2v) is 6.48. The Morgan fingerprint density at radius 3 is 2.38 bits per heavy atom. The number of nitrogens with one attached hydrogen (secondary N) is 1. The zero-order valence-electron chi connectivity index (χ0n) is 12.5. The van der Waals surface area contributed by atoms with Gasteiger partial charge in [0.05, 0.1) is 20.0 Å². The van der Waals surface area contributed by atoms with Crippen LogP contribution >= 0.6 is 0 Å². The van der Waals surface area contributed by atoms with Gasteiger partial charge in [0.1, 0.15) is 5.75 Å². The van der Waals surface area contributed by atoms with Crippen molar-refractivity contribution in [2.24, 2.45) is 0 Å². The summed E-state index contributed by atoms with van der Waals surface area (Å²) >= 11 is 0. The summed E-state index contributed by atoms with van der Waals surface area (Å²) in [6.45, 7) is 1.76. The Morgan fingerprint density at radius 2 is 1.86 bits per heavy atom. The average Bonchev–Trinajstić information content (AvgIpc) is 2.46. The van der Waals surface area contributed by atoms with E-state index in [9.17, 15) is 13.2 Å². The summed E-state index contributed by atoms with van der Waals surface area (Å²) in [6, 6.07) is 6.81. The molecule has 1 aromatic rings. The number of hydrogen-bond donors (Lipinski definition) is 1. The van der Waals surface area contributed by atoms with Crippen molar-refractivity contribution in [3.8, 4) is 5.75 Å². The molecule has 0 aliphatic rings. The van der Waals surface area contributed by atoms with Crippen molar-refractivity contribution in [1.29, 1.82) is 0 Å². The maximum Gasteiger partial charge on any atom is 0.305 e. The smallest absolute Gasteiger partial charge is 0.305 e. The van der Waals surface area contributed by atoms with Crippen molar-refractivity contribution in [1.82, 2.24) is 4.72 Å². The lowest BCUT2D eigenvalue weighted by Crippen LogP contribution is -2.29. The molecule has 0 aromatic heterocycles. The second kappa shape index (κ2) is 7.99. The molecule has 6 nitrogen and oxygen atoms in total. The maximum atomic E-state index is 11.9. The normalized spacial score (nSPS) is 12.7. The molecule has 0 aliphatic carbocycles. The van der Waals surface area contributed by atoms with Crippen LogP contribution in [-0.2, 0) is 19.6 Å². The van der Waals surface area contributed by atoms with Crippen LogP contribution in [0.2, 0.25) is 0 Å². The minimum Gasteiger partial charge on any atom is -0.497 e. The van der Waals surface area contributed by atoms with Crippen molar-refractivity contribution >= 4 is 16.0 Å². The van der Waals surface area contributed by atoms with Crippen molar-refractivity contribution in [2.75, 3.05) is 20.0 Å². The number of carbonyl (C=O) groups is 1. The first kappa shape index (κ1) is 17.5. The van der Waals surface area contributed by atoms with Crippen LogP contribution in [0.4, 0.5) is 0 Å². The van der Waals surface area contributed by atoms with Crippen molar-refractivity contribution < 1.29 is 22.7 Å². The molecule has 0 bridgehead atoms. The number of hydrogen-bond acceptors (Lipinski definition) is 5. The molecule has 0 spiro atoms. The largest absolute Gasteiger partial charge is 0.497 e. The first-order valence-corrected chi connectivity index (χ1v) is 8.24. The highest BCUT2D eigenvalue weighted by molar-refractivity contribution is 7.89. The van der Waals surface area contributed by atoms with E-state index >= 15 is 0 Å². The van der Waals surface area contributed by atoms with E-state index in [2.05, 4.69) is 9.46 Å². The summed E-state index contributed by atoms with van der Waals surface area (Å²) in [7, 11) is -0.587. The molecule has 0 amide bonds. The van der Waals surface area contributed by atoms with Crippen molar-refractivity contribution in [3.63, 3.8) is 0 Å². The zero-order valence-corrected chi connectivity index (χ0v) is 13.3. The van der Waals surface area contributed by atoms with Gasteiger partial charge in [-0.3, -0.25) is 4.79 Å². The van der Waals surface area contributed by atoms with Crippen LogP contribution in [0.15, 0.2) is 24.3 Å². The van der Waals surface area contributed by atoms with Gasteiger partial charge in [0.2, 0.25) is 10.0 Å². The van der Waals surface area contributed by atoms with Gasteiger partial charge in [0.15, 0.2) is 0 Å². The highest BCUT2D eigenvalue weighted by Crippen LogP contribution is 2.18. The topological polar surface area (TPSA) is 81.7 Å². The molecule has 1 aromatic carbocycles. The van der Waals surface area contributed by atoms with E-state index in [1.165, 1.54) is 7.11 Å². The zero-order chi connectivity index (χ0) is 15.9. The van der Waals surface area contributed by atoms with Crippen molar-refractivity contribution in [2.45, 2.75) is 25.8 Å². The number of carbonyl (C=O) groups excluding carboxylic acids is 1. The fourth-order valence-electron chi connectivity index (χ4n) is 1.80. The van der Waals surface area contributed by atoms with E-state index in [0.717, 1.165) is 5.56 Å².